The molecule has 0 unspecified atom stereocenters. The molecule has 0 saturated heterocycles. The molecule has 0 fully saturated rings. The van der Waals surface area contributed by atoms with Crippen LogP contribution in [0.2, 0.25) is 0 Å². The van der Waals surface area contributed by atoms with E-state index in [1.54, 1.807) is 27.7 Å². The number of nitrogens with zero attached hydrogens (tertiary/aromatic N) is 2. The maximum atomic E-state index is 9.57. The largest absolute Gasteiger partial charge is 0.392 e. The summed E-state index contributed by atoms with van der Waals surface area (Å²) in [5.74, 6) is 0. The molecule has 8 nitrogen and oxygen atoms in total. The van der Waals surface area contributed by atoms with Crippen LogP contribution >= 0.6 is 34.2 Å². The van der Waals surface area contributed by atoms with Crippen LogP contribution in [0.15, 0.2) is 21.2 Å². The Morgan fingerprint density at radius 3 is 1.18 bits per heavy atom. The van der Waals surface area contributed by atoms with Crippen molar-refractivity contribution in [1.82, 2.24) is 0 Å². The smallest absolute Gasteiger partial charge is 0.253 e. The van der Waals surface area contributed by atoms with E-state index in [-0.39, 0.29) is 21.2 Å². The molecule has 0 aliphatic heterocycles. The second-order valence-corrected chi connectivity index (χ2v) is 16.8. The molecular weight excluding hydrogens is 478 g/mol. The maximum Gasteiger partial charge on any atom is 0.253 e. The van der Waals surface area contributed by atoms with Crippen LogP contribution < -0.4 is 11.5 Å². The summed E-state index contributed by atoms with van der Waals surface area (Å²) in [6, 6.07) is 3.81. The van der Waals surface area contributed by atoms with Crippen LogP contribution in [0, 0.1) is 22.7 Å². The van der Waals surface area contributed by atoms with Crippen LogP contribution in [0.3, 0.4) is 0 Å². The fraction of sp³-hybridized carbons (Fsp3) is 0.571. The third-order valence-electron chi connectivity index (χ3n) is 2.54. The Balaban J connectivity index is 6.06. The van der Waals surface area contributed by atoms with Crippen LogP contribution in [0.25, 0.3) is 0 Å². The first-order chi connectivity index (χ1) is 13.2. The van der Waals surface area contributed by atoms with Crippen LogP contribution in [-0.2, 0) is 41.7 Å². The van der Waals surface area contributed by atoms with E-state index >= 15 is 0 Å². The lowest BCUT2D eigenvalue weighted by molar-refractivity contribution is 0.280. The highest BCUT2D eigenvalue weighted by atomic mass is 32.9. The lowest BCUT2D eigenvalue weighted by Gasteiger charge is -2.21. The predicted octanol–water partition coefficient (Wildman–Crippen LogP) is 4.44. The molecule has 0 radical (unpaired) electrons. The molecule has 0 aliphatic rings. The van der Waals surface area contributed by atoms with E-state index in [0.717, 1.165) is 22.8 Å². The van der Waals surface area contributed by atoms with Crippen molar-refractivity contribution in [1.29, 1.82) is 10.5 Å². The second-order valence-electron chi connectivity index (χ2n) is 4.45. The van der Waals surface area contributed by atoms with Crippen LogP contribution in [0.5, 0.6) is 0 Å². The number of nitrogens with two attached hydrogens (primary N) is 2. The zero-order valence-corrected chi connectivity index (χ0v) is 21.1. The predicted molar refractivity (Wildman–Crippen MR) is 124 cm³/mol. The fourth-order valence-corrected chi connectivity index (χ4v) is 10.8. The first-order valence-corrected chi connectivity index (χ1v) is 16.2. The molecule has 0 bridgehead atoms. The van der Waals surface area contributed by atoms with E-state index in [1.807, 2.05) is 12.1 Å². The van der Waals surface area contributed by atoms with Gasteiger partial charge < -0.3 is 29.6 Å². The highest BCUT2D eigenvalue weighted by Crippen LogP contribution is 2.65. The molecular formula is C14H24N4O4P2S4. The zero-order chi connectivity index (χ0) is 21.8. The molecule has 0 amide bonds. The van der Waals surface area contributed by atoms with Gasteiger partial charge in [0.15, 0.2) is 0 Å². The van der Waals surface area contributed by atoms with E-state index in [0.29, 0.717) is 26.4 Å². The number of hydrogen-bond donors (Lipinski definition) is 2. The Morgan fingerprint density at radius 1 is 0.750 bits per heavy atom. The van der Waals surface area contributed by atoms with E-state index in [1.165, 1.54) is 0 Å². The molecule has 28 heavy (non-hydrogen) atoms. The Morgan fingerprint density at radius 2 is 1.00 bits per heavy atom. The molecule has 0 rings (SSSR count). The minimum absolute atomic E-state index is 0.00560. The van der Waals surface area contributed by atoms with Gasteiger partial charge in [0.25, 0.3) is 11.4 Å². The highest BCUT2D eigenvalue weighted by Gasteiger charge is 2.27. The number of rotatable bonds is 13. The van der Waals surface area contributed by atoms with Gasteiger partial charge in [0, 0.05) is 0 Å². The Labute approximate surface area is 184 Å². The fourth-order valence-electron chi connectivity index (χ4n) is 1.61. The van der Waals surface area contributed by atoms with Gasteiger partial charge in [-0.1, -0.05) is 0 Å². The summed E-state index contributed by atoms with van der Waals surface area (Å²) in [7, 11) is 0. The van der Waals surface area contributed by atoms with Crippen molar-refractivity contribution in [2.45, 2.75) is 27.7 Å². The summed E-state index contributed by atoms with van der Waals surface area (Å²) in [4.78, 5) is 0. The minimum atomic E-state index is -2.81. The third kappa shape index (κ3) is 9.15. The van der Waals surface area contributed by atoms with E-state index < -0.39 is 11.4 Å². The quantitative estimate of drug-likeness (QED) is 0.209. The van der Waals surface area contributed by atoms with Crippen molar-refractivity contribution in [3.63, 3.8) is 0 Å². The first-order valence-electron chi connectivity index (χ1n) is 8.13. The maximum absolute atomic E-state index is 9.57. The van der Waals surface area contributed by atoms with Gasteiger partial charge in [-0.2, -0.15) is 10.5 Å². The van der Waals surface area contributed by atoms with Gasteiger partial charge in [0.1, 0.15) is 23.3 Å². The van der Waals surface area contributed by atoms with Crippen molar-refractivity contribution in [2.24, 2.45) is 11.5 Å². The number of nitriles is 2. The third-order valence-corrected chi connectivity index (χ3v) is 12.5. The summed E-state index contributed by atoms with van der Waals surface area (Å²) >= 11 is 12.6. The Bertz CT molecular complexity index is 692. The molecule has 4 N–H and O–H groups in total. The topological polar surface area (TPSA) is 137 Å². The van der Waals surface area contributed by atoms with Crippen LogP contribution in [-0.4, -0.2) is 26.4 Å². The summed E-state index contributed by atoms with van der Waals surface area (Å²) in [5, 5.41) is 19.1. The van der Waals surface area contributed by atoms with E-state index in [9.17, 15) is 10.5 Å². The van der Waals surface area contributed by atoms with Gasteiger partial charge in [-0.05, 0) is 74.1 Å². The van der Waals surface area contributed by atoms with Crippen molar-refractivity contribution in [3.05, 3.63) is 21.2 Å². The van der Waals surface area contributed by atoms with Gasteiger partial charge in [-0.25, -0.2) is 0 Å². The van der Waals surface area contributed by atoms with Gasteiger partial charge in [0.05, 0.1) is 36.5 Å². The molecule has 0 aromatic heterocycles. The highest BCUT2D eigenvalue weighted by molar-refractivity contribution is 8.69. The summed E-state index contributed by atoms with van der Waals surface area (Å²) in [6.45, 7) is 8.39. The van der Waals surface area contributed by atoms with Crippen LogP contribution in [0.4, 0.5) is 0 Å². The van der Waals surface area contributed by atoms with E-state index in [4.69, 9.17) is 53.2 Å². The van der Waals surface area contributed by atoms with Crippen LogP contribution in [0.1, 0.15) is 27.7 Å². The molecule has 14 heteroatoms. The monoisotopic (exact) mass is 502 g/mol. The molecule has 0 saturated carbocycles. The zero-order valence-electron chi connectivity index (χ0n) is 16.0. The summed E-state index contributed by atoms with van der Waals surface area (Å²) in [5.41, 5.74) is 6.25. The van der Waals surface area contributed by atoms with Gasteiger partial charge in [0.2, 0.25) is 0 Å². The van der Waals surface area contributed by atoms with Crippen molar-refractivity contribution >= 4 is 57.8 Å². The Kier molecular flexibility index (Phi) is 14.0. The molecule has 0 atom stereocenters. The minimum Gasteiger partial charge on any atom is -0.392 e. The van der Waals surface area contributed by atoms with Gasteiger partial charge in [-0.15, -0.1) is 0 Å². The molecule has 0 aromatic carbocycles. The average molecular weight is 503 g/mol. The average Bonchev–Trinajstić information content (AvgIpc) is 2.59. The number of allylic oxidation sites excluding steroid dienone is 2. The van der Waals surface area contributed by atoms with Crippen molar-refractivity contribution in [3.8, 4) is 12.1 Å². The molecule has 0 aromatic rings. The molecule has 0 spiro atoms. The summed E-state index contributed by atoms with van der Waals surface area (Å²) in [6.07, 6.45) is 0. The van der Waals surface area contributed by atoms with E-state index in [2.05, 4.69) is 0 Å². The standard InChI is InChI=1S/C14H24N4O4P2S4/c1-5-19-23(25,20-6-2)27-13(17)11(9-15)12(10-16)14(18)28-24(26,21-7-3)22-8-4/h5-8,17-18H2,1-4H3/b13-11-,14-12-. The lowest BCUT2D eigenvalue weighted by Crippen LogP contribution is -2.06. The second kappa shape index (κ2) is 14.0. The number of hydrogen-bond acceptors (Lipinski definition) is 12. The molecule has 158 valence electrons. The SMILES string of the molecule is CCOP(=S)(OCC)S/C(N)=C(C#N)\C(C#N)=C(\N)SP(=S)(OCC)OCC. The lowest BCUT2D eigenvalue weighted by atomic mass is 10.1. The normalized spacial score (nSPS) is 13.9. The molecule has 0 aliphatic carbocycles. The summed E-state index contributed by atoms with van der Waals surface area (Å²) < 4.78 is 22.0. The van der Waals surface area contributed by atoms with Crippen molar-refractivity contribution < 1.29 is 18.1 Å². The first kappa shape index (κ1) is 27.9. The van der Waals surface area contributed by atoms with Gasteiger partial charge in [-0.3, -0.25) is 0 Å². The van der Waals surface area contributed by atoms with Crippen molar-refractivity contribution in [2.75, 3.05) is 26.4 Å². The van der Waals surface area contributed by atoms with Gasteiger partial charge >= 0.3 is 0 Å². The Hall–Kier alpha value is -0.100. The molecule has 0 heterocycles.